The van der Waals surface area contributed by atoms with Crippen LogP contribution in [0.25, 0.3) is 11.0 Å². The minimum absolute atomic E-state index is 0.561. The number of fused-ring (bicyclic) bond motifs is 1. The molecule has 8 nitrogen and oxygen atoms in total. The Kier molecular flexibility index (Phi) is 3.48. The smallest absolute Gasteiger partial charge is 0.225 e. The summed E-state index contributed by atoms with van der Waals surface area (Å²) >= 11 is 0. The highest BCUT2D eigenvalue weighted by Crippen LogP contribution is 2.29. The van der Waals surface area contributed by atoms with Crippen LogP contribution in [-0.4, -0.2) is 70.4 Å². The Labute approximate surface area is 145 Å². The predicted molar refractivity (Wildman–Crippen MR) is 93.6 cm³/mol. The van der Waals surface area contributed by atoms with Crippen LogP contribution in [-0.2, 0) is 0 Å². The largest absolute Gasteiger partial charge is 0.460 e. The summed E-state index contributed by atoms with van der Waals surface area (Å²) in [5.74, 6) is 1.69. The third-order valence-corrected chi connectivity index (χ3v) is 5.08. The van der Waals surface area contributed by atoms with Gasteiger partial charge in [-0.3, -0.25) is 4.90 Å². The quantitative estimate of drug-likeness (QED) is 0.701. The van der Waals surface area contributed by atoms with Crippen molar-refractivity contribution in [1.29, 1.82) is 0 Å². The van der Waals surface area contributed by atoms with E-state index in [1.807, 2.05) is 12.1 Å². The lowest BCUT2D eigenvalue weighted by Gasteiger charge is -2.48. The van der Waals surface area contributed by atoms with Crippen LogP contribution >= 0.6 is 0 Å². The van der Waals surface area contributed by atoms with Crippen molar-refractivity contribution < 1.29 is 4.42 Å². The maximum Gasteiger partial charge on any atom is 0.225 e. The lowest BCUT2D eigenvalue weighted by Crippen LogP contribution is -2.63. The first-order valence-electron chi connectivity index (χ1n) is 8.58. The SMILES string of the molecule is c1cnc(N2CCN(C3CN(c4nncc5ccoc45)C3)CC2)nc1. The van der Waals surface area contributed by atoms with Gasteiger partial charge < -0.3 is 14.2 Å². The number of hydrogen-bond acceptors (Lipinski definition) is 8. The molecule has 5 heterocycles. The Hall–Kier alpha value is -2.74. The molecule has 2 saturated heterocycles. The van der Waals surface area contributed by atoms with Crippen molar-refractivity contribution in [2.45, 2.75) is 6.04 Å². The highest BCUT2D eigenvalue weighted by atomic mass is 16.3. The number of anilines is 2. The molecule has 0 saturated carbocycles. The van der Waals surface area contributed by atoms with Gasteiger partial charge in [-0.15, -0.1) is 5.10 Å². The minimum Gasteiger partial charge on any atom is -0.460 e. The highest BCUT2D eigenvalue weighted by molar-refractivity contribution is 5.86. The van der Waals surface area contributed by atoms with E-state index in [1.165, 1.54) is 0 Å². The summed E-state index contributed by atoms with van der Waals surface area (Å²) in [4.78, 5) is 15.7. The Bertz CT molecular complexity index is 854. The molecule has 2 aliphatic heterocycles. The number of aromatic nitrogens is 4. The molecule has 128 valence electrons. The zero-order valence-corrected chi connectivity index (χ0v) is 13.8. The van der Waals surface area contributed by atoms with E-state index in [1.54, 1.807) is 24.9 Å². The summed E-state index contributed by atoms with van der Waals surface area (Å²) in [6, 6.07) is 4.34. The van der Waals surface area contributed by atoms with Crippen LogP contribution in [0.1, 0.15) is 0 Å². The van der Waals surface area contributed by atoms with Gasteiger partial charge >= 0.3 is 0 Å². The summed E-state index contributed by atoms with van der Waals surface area (Å²) in [7, 11) is 0. The van der Waals surface area contributed by atoms with Gasteiger partial charge in [0.15, 0.2) is 11.4 Å². The van der Waals surface area contributed by atoms with Gasteiger partial charge in [0.25, 0.3) is 0 Å². The van der Waals surface area contributed by atoms with E-state index in [9.17, 15) is 0 Å². The Morgan fingerprint density at radius 1 is 1.00 bits per heavy atom. The van der Waals surface area contributed by atoms with Crippen LogP contribution in [0.3, 0.4) is 0 Å². The Morgan fingerprint density at radius 2 is 1.80 bits per heavy atom. The lowest BCUT2D eigenvalue weighted by atomic mass is 10.1. The molecule has 0 bridgehead atoms. The minimum atomic E-state index is 0.561. The molecule has 3 aromatic heterocycles. The molecule has 2 fully saturated rings. The first kappa shape index (κ1) is 14.6. The second-order valence-corrected chi connectivity index (χ2v) is 6.50. The standard InChI is InChI=1S/C17H19N7O/c1-3-18-17(19-4-1)23-7-5-22(6-8-23)14-11-24(12-14)16-15-13(2-9-25-15)10-20-21-16/h1-4,9-10,14H,5-8,11-12H2. The average Bonchev–Trinajstić information content (AvgIpc) is 3.11. The fourth-order valence-electron chi connectivity index (χ4n) is 3.60. The van der Waals surface area contributed by atoms with Crippen molar-refractivity contribution >= 4 is 22.7 Å². The summed E-state index contributed by atoms with van der Waals surface area (Å²) < 4.78 is 5.57. The lowest BCUT2D eigenvalue weighted by molar-refractivity contribution is 0.156. The van der Waals surface area contributed by atoms with E-state index in [4.69, 9.17) is 4.42 Å². The molecule has 3 aromatic rings. The van der Waals surface area contributed by atoms with Crippen molar-refractivity contribution in [2.24, 2.45) is 0 Å². The van der Waals surface area contributed by atoms with E-state index in [0.717, 1.165) is 62.0 Å². The number of rotatable bonds is 3. The molecule has 8 heteroatoms. The summed E-state index contributed by atoms with van der Waals surface area (Å²) in [6.07, 6.45) is 7.04. The van der Waals surface area contributed by atoms with Crippen molar-refractivity contribution in [3.63, 3.8) is 0 Å². The first-order valence-corrected chi connectivity index (χ1v) is 8.58. The molecule has 0 aliphatic carbocycles. The Balaban J connectivity index is 1.20. The van der Waals surface area contributed by atoms with Crippen LogP contribution < -0.4 is 9.80 Å². The molecule has 0 atom stereocenters. The van der Waals surface area contributed by atoms with Gasteiger partial charge in [0.2, 0.25) is 5.95 Å². The summed E-state index contributed by atoms with van der Waals surface area (Å²) in [5, 5.41) is 9.36. The maximum absolute atomic E-state index is 5.57. The van der Waals surface area contributed by atoms with Gasteiger partial charge in [0, 0.05) is 63.1 Å². The van der Waals surface area contributed by atoms with E-state index in [-0.39, 0.29) is 0 Å². The molecule has 0 aromatic carbocycles. The van der Waals surface area contributed by atoms with Crippen molar-refractivity contribution in [3.05, 3.63) is 37.0 Å². The molecule has 0 unspecified atom stereocenters. The molecule has 2 aliphatic rings. The molecule has 5 rings (SSSR count). The van der Waals surface area contributed by atoms with Crippen LogP contribution in [0, 0.1) is 0 Å². The number of piperazine rings is 1. The van der Waals surface area contributed by atoms with E-state index in [2.05, 4.69) is 34.9 Å². The van der Waals surface area contributed by atoms with Crippen molar-refractivity contribution in [3.8, 4) is 0 Å². The Morgan fingerprint density at radius 3 is 2.60 bits per heavy atom. The third-order valence-electron chi connectivity index (χ3n) is 5.08. The zero-order valence-electron chi connectivity index (χ0n) is 13.8. The van der Waals surface area contributed by atoms with Crippen molar-refractivity contribution in [1.82, 2.24) is 25.1 Å². The molecule has 0 N–H and O–H groups in total. The normalized spacial score (nSPS) is 19.4. The molecule has 0 radical (unpaired) electrons. The van der Waals surface area contributed by atoms with Crippen LogP contribution in [0.15, 0.2) is 41.4 Å². The van der Waals surface area contributed by atoms with Crippen LogP contribution in [0.4, 0.5) is 11.8 Å². The number of hydrogen-bond donors (Lipinski definition) is 0. The van der Waals surface area contributed by atoms with Crippen LogP contribution in [0.2, 0.25) is 0 Å². The second kappa shape index (κ2) is 5.96. The van der Waals surface area contributed by atoms with Gasteiger partial charge in [-0.1, -0.05) is 0 Å². The molecule has 0 spiro atoms. The molecular formula is C17H19N7O. The topological polar surface area (TPSA) is 74.4 Å². The molecular weight excluding hydrogens is 318 g/mol. The fourth-order valence-corrected chi connectivity index (χ4v) is 3.60. The zero-order chi connectivity index (χ0) is 16.6. The maximum atomic E-state index is 5.57. The van der Waals surface area contributed by atoms with E-state index < -0.39 is 0 Å². The molecule has 25 heavy (non-hydrogen) atoms. The highest BCUT2D eigenvalue weighted by Gasteiger charge is 2.35. The first-order chi connectivity index (χ1) is 12.4. The third kappa shape index (κ3) is 2.58. The van der Waals surface area contributed by atoms with Crippen LogP contribution in [0.5, 0.6) is 0 Å². The number of furan rings is 1. The average molecular weight is 337 g/mol. The second-order valence-electron chi connectivity index (χ2n) is 6.50. The number of nitrogens with zero attached hydrogens (tertiary/aromatic N) is 7. The summed E-state index contributed by atoms with van der Waals surface area (Å²) in [6.45, 7) is 5.94. The fraction of sp³-hybridized carbons (Fsp3) is 0.412. The van der Waals surface area contributed by atoms with E-state index >= 15 is 0 Å². The predicted octanol–water partition coefficient (Wildman–Crippen LogP) is 1.02. The van der Waals surface area contributed by atoms with Gasteiger partial charge in [-0.2, -0.15) is 5.10 Å². The van der Waals surface area contributed by atoms with Gasteiger partial charge in [-0.05, 0) is 12.1 Å². The molecule has 0 amide bonds. The summed E-state index contributed by atoms with van der Waals surface area (Å²) in [5.41, 5.74) is 0.833. The van der Waals surface area contributed by atoms with Crippen molar-refractivity contribution in [2.75, 3.05) is 49.1 Å². The van der Waals surface area contributed by atoms with Gasteiger partial charge in [0.1, 0.15) is 0 Å². The van der Waals surface area contributed by atoms with E-state index in [0.29, 0.717) is 6.04 Å². The monoisotopic (exact) mass is 337 g/mol. The van der Waals surface area contributed by atoms with Gasteiger partial charge in [0.05, 0.1) is 12.5 Å². The van der Waals surface area contributed by atoms with Gasteiger partial charge in [-0.25, -0.2) is 9.97 Å².